The summed E-state index contributed by atoms with van der Waals surface area (Å²) in [6, 6.07) is 0.124. The van der Waals surface area contributed by atoms with E-state index in [1.165, 1.54) is 0 Å². The van der Waals surface area contributed by atoms with Crippen LogP contribution in [0.4, 0.5) is 0 Å². The van der Waals surface area contributed by atoms with Crippen molar-refractivity contribution in [2.45, 2.75) is 39.7 Å². The number of likely N-dealkylation sites (tertiary alicyclic amines) is 1. The van der Waals surface area contributed by atoms with Gasteiger partial charge in [-0.25, -0.2) is 0 Å². The number of likely N-dealkylation sites (N-methyl/N-ethyl adjacent to an activating group) is 1. The summed E-state index contributed by atoms with van der Waals surface area (Å²) in [5.74, 6) is 0.261. The van der Waals surface area contributed by atoms with E-state index >= 15 is 0 Å². The van der Waals surface area contributed by atoms with E-state index in [1.807, 2.05) is 14.1 Å². The van der Waals surface area contributed by atoms with E-state index in [4.69, 9.17) is 0 Å². The minimum atomic E-state index is 0.124. The summed E-state index contributed by atoms with van der Waals surface area (Å²) >= 11 is 0. The van der Waals surface area contributed by atoms with E-state index < -0.39 is 0 Å². The highest BCUT2D eigenvalue weighted by Crippen LogP contribution is 2.24. The van der Waals surface area contributed by atoms with Crippen molar-refractivity contribution >= 4 is 5.91 Å². The highest BCUT2D eigenvalue weighted by atomic mass is 16.2. The molecule has 1 aliphatic rings. The minimum Gasteiger partial charge on any atom is -0.347 e. The highest BCUT2D eigenvalue weighted by molar-refractivity contribution is 5.81. The number of amides is 1. The summed E-state index contributed by atoms with van der Waals surface area (Å²) in [6.07, 6.45) is 2.17. The fourth-order valence-corrected chi connectivity index (χ4v) is 2.20. The zero-order valence-corrected chi connectivity index (χ0v) is 10.7. The average Bonchev–Trinajstić information content (AvgIpc) is 2.47. The molecule has 0 aromatic heterocycles. The maximum absolute atomic E-state index is 11.9. The first-order valence-electron chi connectivity index (χ1n) is 5.76. The molecule has 0 radical (unpaired) electrons. The molecule has 1 fully saturated rings. The van der Waals surface area contributed by atoms with Crippen molar-refractivity contribution in [3.63, 3.8) is 0 Å². The van der Waals surface area contributed by atoms with Crippen molar-refractivity contribution < 1.29 is 4.79 Å². The Hall–Kier alpha value is -0.570. The molecule has 0 N–H and O–H groups in total. The summed E-state index contributed by atoms with van der Waals surface area (Å²) in [5.41, 5.74) is 0.273. The SMILES string of the molecule is CN(C)C(=O)[C@@H]1CCCN1CC(C)(C)C. The molecule has 1 rings (SSSR count). The van der Waals surface area contributed by atoms with Crippen LogP contribution in [-0.2, 0) is 4.79 Å². The Morgan fingerprint density at radius 3 is 2.47 bits per heavy atom. The molecule has 0 aromatic rings. The molecule has 3 heteroatoms. The zero-order chi connectivity index (χ0) is 11.6. The van der Waals surface area contributed by atoms with Crippen LogP contribution in [0.2, 0.25) is 0 Å². The molecule has 0 spiro atoms. The molecule has 0 bridgehead atoms. The number of hydrogen-bond donors (Lipinski definition) is 0. The van der Waals surface area contributed by atoms with Crippen LogP contribution >= 0.6 is 0 Å². The fourth-order valence-electron chi connectivity index (χ4n) is 2.20. The first-order chi connectivity index (χ1) is 6.81. The molecule has 0 aliphatic carbocycles. The van der Waals surface area contributed by atoms with Gasteiger partial charge in [0, 0.05) is 20.6 Å². The van der Waals surface area contributed by atoms with E-state index in [0.717, 1.165) is 25.9 Å². The molecular formula is C12H24N2O. The van der Waals surface area contributed by atoms with Crippen molar-refractivity contribution in [3.8, 4) is 0 Å². The maximum atomic E-state index is 11.9. The molecule has 88 valence electrons. The number of carbonyl (C=O) groups excluding carboxylic acids is 1. The second-order valence-corrected chi connectivity index (χ2v) is 5.92. The van der Waals surface area contributed by atoms with Gasteiger partial charge < -0.3 is 4.90 Å². The third-order valence-electron chi connectivity index (χ3n) is 2.77. The van der Waals surface area contributed by atoms with Crippen LogP contribution < -0.4 is 0 Å². The van der Waals surface area contributed by atoms with Gasteiger partial charge >= 0.3 is 0 Å². The van der Waals surface area contributed by atoms with Crippen LogP contribution in [0.5, 0.6) is 0 Å². The summed E-state index contributed by atoms with van der Waals surface area (Å²) < 4.78 is 0. The molecule has 1 amide bonds. The van der Waals surface area contributed by atoms with Crippen molar-refractivity contribution in [1.29, 1.82) is 0 Å². The van der Waals surface area contributed by atoms with Gasteiger partial charge in [-0.1, -0.05) is 20.8 Å². The smallest absolute Gasteiger partial charge is 0.239 e. The Balaban J connectivity index is 2.61. The molecule has 3 nitrogen and oxygen atoms in total. The minimum absolute atomic E-state index is 0.124. The summed E-state index contributed by atoms with van der Waals surface area (Å²) in [4.78, 5) is 16.0. The lowest BCUT2D eigenvalue weighted by molar-refractivity contribution is -0.133. The first-order valence-corrected chi connectivity index (χ1v) is 5.76. The predicted molar refractivity (Wildman–Crippen MR) is 62.7 cm³/mol. The Bertz CT molecular complexity index is 230. The van der Waals surface area contributed by atoms with Crippen molar-refractivity contribution in [1.82, 2.24) is 9.80 Å². The van der Waals surface area contributed by atoms with Crippen LogP contribution in [0.15, 0.2) is 0 Å². The van der Waals surface area contributed by atoms with Gasteiger partial charge in [0.2, 0.25) is 5.91 Å². The molecule has 15 heavy (non-hydrogen) atoms. The highest BCUT2D eigenvalue weighted by Gasteiger charge is 2.33. The lowest BCUT2D eigenvalue weighted by Gasteiger charge is -2.31. The summed E-state index contributed by atoms with van der Waals surface area (Å²) in [5, 5.41) is 0. The average molecular weight is 212 g/mol. The normalized spacial score (nSPS) is 23.1. The van der Waals surface area contributed by atoms with Crippen molar-refractivity contribution in [2.24, 2.45) is 5.41 Å². The third kappa shape index (κ3) is 3.49. The Morgan fingerprint density at radius 2 is 2.00 bits per heavy atom. The second kappa shape index (κ2) is 4.52. The van der Waals surface area contributed by atoms with E-state index in [9.17, 15) is 4.79 Å². The molecule has 1 aliphatic heterocycles. The molecule has 1 heterocycles. The van der Waals surface area contributed by atoms with Gasteiger partial charge in [0.25, 0.3) is 0 Å². The largest absolute Gasteiger partial charge is 0.347 e. The quantitative estimate of drug-likeness (QED) is 0.694. The monoisotopic (exact) mass is 212 g/mol. The van der Waals surface area contributed by atoms with Crippen LogP contribution in [0.1, 0.15) is 33.6 Å². The molecule has 0 saturated carbocycles. The summed E-state index contributed by atoms with van der Waals surface area (Å²) in [6.45, 7) is 8.76. The van der Waals surface area contributed by atoms with E-state index in [1.54, 1.807) is 4.90 Å². The third-order valence-corrected chi connectivity index (χ3v) is 2.77. The van der Waals surface area contributed by atoms with Crippen LogP contribution in [0, 0.1) is 5.41 Å². The molecule has 1 saturated heterocycles. The first kappa shape index (κ1) is 12.5. The topological polar surface area (TPSA) is 23.6 Å². The van der Waals surface area contributed by atoms with Gasteiger partial charge in [0.05, 0.1) is 6.04 Å². The van der Waals surface area contributed by atoms with Gasteiger partial charge in [0.15, 0.2) is 0 Å². The lowest BCUT2D eigenvalue weighted by Crippen LogP contribution is -2.45. The standard InChI is InChI=1S/C12H24N2O/c1-12(2,3)9-14-8-6-7-10(14)11(15)13(4)5/h10H,6-9H2,1-5H3/t10-/m0/s1. The maximum Gasteiger partial charge on any atom is 0.239 e. The van der Waals surface area contributed by atoms with E-state index in [2.05, 4.69) is 25.7 Å². The number of rotatable bonds is 2. The second-order valence-electron chi connectivity index (χ2n) is 5.92. The Kier molecular flexibility index (Phi) is 3.77. The van der Waals surface area contributed by atoms with Crippen LogP contribution in [-0.4, -0.2) is 48.9 Å². The zero-order valence-electron chi connectivity index (χ0n) is 10.7. The summed E-state index contributed by atoms with van der Waals surface area (Å²) in [7, 11) is 3.69. The van der Waals surface area contributed by atoms with E-state index in [-0.39, 0.29) is 17.4 Å². The molecular weight excluding hydrogens is 188 g/mol. The Morgan fingerprint density at radius 1 is 1.40 bits per heavy atom. The van der Waals surface area contributed by atoms with Gasteiger partial charge in [-0.05, 0) is 24.8 Å². The van der Waals surface area contributed by atoms with Gasteiger partial charge in [-0.3, -0.25) is 9.69 Å². The van der Waals surface area contributed by atoms with Crippen molar-refractivity contribution in [3.05, 3.63) is 0 Å². The van der Waals surface area contributed by atoms with Gasteiger partial charge in [0.1, 0.15) is 0 Å². The van der Waals surface area contributed by atoms with Crippen LogP contribution in [0.25, 0.3) is 0 Å². The van der Waals surface area contributed by atoms with E-state index in [0.29, 0.717) is 0 Å². The van der Waals surface area contributed by atoms with Crippen LogP contribution in [0.3, 0.4) is 0 Å². The Labute approximate surface area is 93.4 Å². The lowest BCUT2D eigenvalue weighted by atomic mass is 9.95. The number of nitrogens with zero attached hydrogens (tertiary/aromatic N) is 2. The molecule has 0 unspecified atom stereocenters. The van der Waals surface area contributed by atoms with Gasteiger partial charge in [-0.15, -0.1) is 0 Å². The van der Waals surface area contributed by atoms with Gasteiger partial charge in [-0.2, -0.15) is 0 Å². The van der Waals surface area contributed by atoms with Crippen molar-refractivity contribution in [2.75, 3.05) is 27.2 Å². The molecule has 1 atom stereocenters. The molecule has 0 aromatic carbocycles. The fraction of sp³-hybridized carbons (Fsp3) is 0.917. The number of hydrogen-bond acceptors (Lipinski definition) is 2. The predicted octanol–water partition coefficient (Wildman–Crippen LogP) is 1.59. The number of carbonyl (C=O) groups is 1.